The van der Waals surface area contributed by atoms with Gasteiger partial charge in [0.2, 0.25) is 10.0 Å². The van der Waals surface area contributed by atoms with Gasteiger partial charge in [-0.2, -0.15) is 0 Å². The lowest BCUT2D eigenvalue weighted by atomic mass is 10.2. The maximum atomic E-state index is 12.4. The summed E-state index contributed by atoms with van der Waals surface area (Å²) in [7, 11) is -2.59. The first-order valence-electron chi connectivity index (χ1n) is 6.85. The number of esters is 1. The monoisotopic (exact) mass is 353 g/mol. The minimum absolute atomic E-state index is 0.0462. The predicted molar refractivity (Wildman–Crippen MR) is 88.1 cm³/mol. The van der Waals surface area contributed by atoms with Crippen molar-refractivity contribution in [3.63, 3.8) is 0 Å². The van der Waals surface area contributed by atoms with E-state index in [1.807, 2.05) is 30.3 Å². The quantitative estimate of drug-likeness (QED) is 0.810. The van der Waals surface area contributed by atoms with E-state index in [1.54, 1.807) is 0 Å². The van der Waals surface area contributed by atoms with Crippen LogP contribution in [0.25, 0.3) is 0 Å². The smallest absolute Gasteiger partial charge is 0.337 e. The first kappa shape index (κ1) is 17.5. The highest BCUT2D eigenvalue weighted by molar-refractivity contribution is 7.89. The molecule has 0 spiro atoms. The molecule has 0 radical (unpaired) electrons. The van der Waals surface area contributed by atoms with Gasteiger partial charge in [0.1, 0.15) is 4.90 Å². The van der Waals surface area contributed by atoms with E-state index in [0.29, 0.717) is 6.42 Å². The van der Waals surface area contributed by atoms with Gasteiger partial charge in [0.15, 0.2) is 0 Å². The Labute approximate surface area is 140 Å². The third-order valence-electron chi connectivity index (χ3n) is 3.19. The molecule has 0 aromatic heterocycles. The largest absolute Gasteiger partial charge is 0.465 e. The zero-order chi connectivity index (χ0) is 16.9. The lowest BCUT2D eigenvalue weighted by Crippen LogP contribution is -2.26. The summed E-state index contributed by atoms with van der Waals surface area (Å²) >= 11 is 5.95. The summed E-state index contributed by atoms with van der Waals surface area (Å²) in [6.45, 7) is 0.227. The number of rotatable bonds is 6. The van der Waals surface area contributed by atoms with E-state index < -0.39 is 16.0 Å². The molecule has 0 bridgehead atoms. The predicted octanol–water partition coefficient (Wildman–Crippen LogP) is 2.65. The fourth-order valence-corrected chi connectivity index (χ4v) is 3.56. The molecule has 122 valence electrons. The average molecular weight is 354 g/mol. The van der Waals surface area contributed by atoms with Crippen LogP contribution in [0.2, 0.25) is 5.02 Å². The minimum Gasteiger partial charge on any atom is -0.465 e. The van der Waals surface area contributed by atoms with Crippen molar-refractivity contribution in [2.45, 2.75) is 11.3 Å². The summed E-state index contributed by atoms with van der Waals surface area (Å²) in [6.07, 6.45) is 0.550. The van der Waals surface area contributed by atoms with Crippen molar-refractivity contribution in [2.75, 3.05) is 13.7 Å². The highest BCUT2D eigenvalue weighted by Gasteiger charge is 2.20. The molecule has 0 heterocycles. The Morgan fingerprint density at radius 3 is 2.52 bits per heavy atom. The van der Waals surface area contributed by atoms with Crippen LogP contribution >= 0.6 is 11.6 Å². The third-order valence-corrected chi connectivity index (χ3v) is 5.13. The molecule has 0 aliphatic carbocycles. The van der Waals surface area contributed by atoms with E-state index in [1.165, 1.54) is 25.3 Å². The van der Waals surface area contributed by atoms with E-state index in [9.17, 15) is 13.2 Å². The van der Waals surface area contributed by atoms with E-state index >= 15 is 0 Å². The number of ether oxygens (including phenoxy) is 1. The fraction of sp³-hybridized carbons (Fsp3) is 0.188. The highest BCUT2D eigenvalue weighted by Crippen LogP contribution is 2.23. The summed E-state index contributed by atoms with van der Waals surface area (Å²) in [5.74, 6) is -0.623. The second-order valence-electron chi connectivity index (χ2n) is 4.77. The molecule has 2 rings (SSSR count). The number of halogens is 1. The molecule has 0 unspecified atom stereocenters. The molecular formula is C16H16ClNO4S. The second kappa shape index (κ2) is 7.59. The normalized spacial score (nSPS) is 11.2. The van der Waals surface area contributed by atoms with Gasteiger partial charge in [-0.15, -0.1) is 0 Å². The first-order chi connectivity index (χ1) is 10.9. The standard InChI is InChI=1S/C16H16ClNO4S/c1-22-16(19)13-7-8-14(17)15(11-13)23(20,21)18-10-9-12-5-3-2-4-6-12/h2-8,11,18H,9-10H2,1H3. The van der Waals surface area contributed by atoms with Gasteiger partial charge in [0.25, 0.3) is 0 Å². The van der Waals surface area contributed by atoms with E-state index in [0.717, 1.165) is 5.56 Å². The van der Waals surface area contributed by atoms with Gasteiger partial charge in [0.05, 0.1) is 17.7 Å². The summed E-state index contributed by atoms with van der Waals surface area (Å²) < 4.78 is 31.8. The molecule has 23 heavy (non-hydrogen) atoms. The topological polar surface area (TPSA) is 72.5 Å². The summed E-state index contributed by atoms with van der Waals surface area (Å²) in [4.78, 5) is 11.4. The molecule has 2 aromatic carbocycles. The SMILES string of the molecule is COC(=O)c1ccc(Cl)c(S(=O)(=O)NCCc2ccccc2)c1. The van der Waals surface area contributed by atoms with Gasteiger partial charge in [-0.3, -0.25) is 0 Å². The van der Waals surface area contributed by atoms with Crippen LogP contribution in [0.1, 0.15) is 15.9 Å². The Bertz CT molecular complexity index is 791. The van der Waals surface area contributed by atoms with Crippen LogP contribution in [0, 0.1) is 0 Å². The number of nitrogens with one attached hydrogen (secondary N) is 1. The molecule has 0 aliphatic heterocycles. The third kappa shape index (κ3) is 4.54. The number of methoxy groups -OCH3 is 1. The number of hydrogen-bond donors (Lipinski definition) is 1. The molecule has 0 saturated carbocycles. The Kier molecular flexibility index (Phi) is 5.76. The minimum atomic E-state index is -3.82. The van der Waals surface area contributed by atoms with Gasteiger partial charge in [-0.05, 0) is 30.2 Å². The Balaban J connectivity index is 2.14. The summed E-state index contributed by atoms with van der Waals surface area (Å²) in [6, 6.07) is 13.5. The first-order valence-corrected chi connectivity index (χ1v) is 8.71. The van der Waals surface area contributed by atoms with Crippen LogP contribution in [-0.4, -0.2) is 28.0 Å². The van der Waals surface area contributed by atoms with Gasteiger partial charge >= 0.3 is 5.97 Å². The van der Waals surface area contributed by atoms with Gasteiger partial charge in [-0.1, -0.05) is 41.9 Å². The van der Waals surface area contributed by atoms with Crippen molar-refractivity contribution < 1.29 is 17.9 Å². The van der Waals surface area contributed by atoms with Gasteiger partial charge in [-0.25, -0.2) is 17.9 Å². The van der Waals surface area contributed by atoms with Crippen LogP contribution in [0.3, 0.4) is 0 Å². The van der Waals surface area contributed by atoms with Crippen molar-refractivity contribution in [3.8, 4) is 0 Å². The molecule has 0 atom stereocenters. The molecule has 0 fully saturated rings. The molecule has 0 aliphatic rings. The lowest BCUT2D eigenvalue weighted by Gasteiger charge is -2.10. The molecule has 0 saturated heterocycles. The van der Waals surface area contributed by atoms with Crippen LogP contribution in [0.15, 0.2) is 53.4 Å². The van der Waals surface area contributed by atoms with Crippen LogP contribution < -0.4 is 4.72 Å². The number of hydrogen-bond acceptors (Lipinski definition) is 4. The van der Waals surface area contributed by atoms with Gasteiger partial charge < -0.3 is 4.74 Å². The van der Waals surface area contributed by atoms with Crippen molar-refractivity contribution in [1.82, 2.24) is 4.72 Å². The molecule has 1 N–H and O–H groups in total. The van der Waals surface area contributed by atoms with Gasteiger partial charge in [0, 0.05) is 6.54 Å². The average Bonchev–Trinajstić information content (AvgIpc) is 2.55. The van der Waals surface area contributed by atoms with Crippen LogP contribution in [0.5, 0.6) is 0 Å². The molecule has 0 amide bonds. The van der Waals surface area contributed by atoms with Crippen molar-refractivity contribution in [2.24, 2.45) is 0 Å². The van der Waals surface area contributed by atoms with E-state index in [-0.39, 0.29) is 22.0 Å². The Hall–Kier alpha value is -1.89. The van der Waals surface area contributed by atoms with Crippen molar-refractivity contribution >= 4 is 27.6 Å². The van der Waals surface area contributed by atoms with Crippen molar-refractivity contribution in [1.29, 1.82) is 0 Å². The number of carbonyl (C=O) groups excluding carboxylic acids is 1. The number of benzene rings is 2. The zero-order valence-corrected chi connectivity index (χ0v) is 14.0. The Morgan fingerprint density at radius 2 is 1.87 bits per heavy atom. The van der Waals surface area contributed by atoms with E-state index in [4.69, 9.17) is 11.6 Å². The summed E-state index contributed by atoms with van der Waals surface area (Å²) in [5.41, 5.74) is 1.14. The zero-order valence-electron chi connectivity index (χ0n) is 12.5. The van der Waals surface area contributed by atoms with Crippen LogP contribution in [0.4, 0.5) is 0 Å². The van der Waals surface area contributed by atoms with Crippen molar-refractivity contribution in [3.05, 3.63) is 64.7 Å². The number of sulfonamides is 1. The molecular weight excluding hydrogens is 338 g/mol. The summed E-state index contributed by atoms with van der Waals surface area (Å²) in [5, 5.41) is 0.0462. The molecule has 7 heteroatoms. The van der Waals surface area contributed by atoms with Crippen LogP contribution in [-0.2, 0) is 21.2 Å². The Morgan fingerprint density at radius 1 is 1.17 bits per heavy atom. The number of carbonyl (C=O) groups is 1. The molecule has 5 nitrogen and oxygen atoms in total. The second-order valence-corrected chi connectivity index (χ2v) is 6.91. The molecule has 2 aromatic rings. The highest BCUT2D eigenvalue weighted by atomic mass is 35.5. The fourth-order valence-electron chi connectivity index (χ4n) is 2.01. The maximum Gasteiger partial charge on any atom is 0.337 e. The lowest BCUT2D eigenvalue weighted by molar-refractivity contribution is 0.0600. The van der Waals surface area contributed by atoms with E-state index in [2.05, 4.69) is 9.46 Å². The maximum absolute atomic E-state index is 12.4.